The molecule has 5 nitrogen and oxygen atoms in total. The summed E-state index contributed by atoms with van der Waals surface area (Å²) in [6.45, 7) is 0. The Balaban J connectivity index is 1.88. The van der Waals surface area contributed by atoms with E-state index in [1.165, 1.54) is 23.5 Å². The summed E-state index contributed by atoms with van der Waals surface area (Å²) in [7, 11) is -4.11. The molecule has 0 radical (unpaired) electrons. The number of para-hydroxylation sites is 2. The molecule has 0 bridgehead atoms. The van der Waals surface area contributed by atoms with E-state index < -0.39 is 15.6 Å². The van der Waals surface area contributed by atoms with E-state index in [0.717, 1.165) is 4.70 Å². The maximum Gasteiger partial charge on any atom is 0.213 e. The largest absolute Gasteiger partial charge is 0.504 e. The van der Waals surface area contributed by atoms with Gasteiger partial charge in [-0.2, -0.15) is 0 Å². The van der Waals surface area contributed by atoms with Crippen molar-refractivity contribution in [3.05, 3.63) is 94.8 Å². The molecule has 0 aliphatic heterocycles. The van der Waals surface area contributed by atoms with Crippen LogP contribution >= 0.6 is 23.6 Å². The second-order valence-electron chi connectivity index (χ2n) is 6.30. The van der Waals surface area contributed by atoms with Gasteiger partial charge in [-0.3, -0.25) is 0 Å². The first-order chi connectivity index (χ1) is 14.5. The average Bonchev–Trinajstić information content (AvgIpc) is 3.19. The van der Waals surface area contributed by atoms with Crippen molar-refractivity contribution in [2.24, 2.45) is 0 Å². The number of nitrogens with one attached hydrogen (secondary N) is 1. The van der Waals surface area contributed by atoms with Gasteiger partial charge in [-0.05, 0) is 36.4 Å². The summed E-state index contributed by atoms with van der Waals surface area (Å²) in [5, 5.41) is 14.1. The number of aromatic nitrogens is 1. The molecule has 0 unspecified atom stereocenters. The minimum atomic E-state index is -4.11. The van der Waals surface area contributed by atoms with E-state index in [9.17, 15) is 13.5 Å². The van der Waals surface area contributed by atoms with Gasteiger partial charge in [0.25, 0.3) is 0 Å². The second kappa shape index (κ2) is 8.35. The topological polar surface area (TPSA) is 79.3 Å². The molecule has 0 amide bonds. The third kappa shape index (κ3) is 3.97. The molecule has 2 N–H and O–H groups in total. The van der Waals surface area contributed by atoms with Crippen LogP contribution < -0.4 is 5.32 Å². The van der Waals surface area contributed by atoms with Gasteiger partial charge in [0, 0.05) is 5.69 Å². The van der Waals surface area contributed by atoms with E-state index in [1.54, 1.807) is 48.5 Å². The molecule has 0 spiro atoms. The lowest BCUT2D eigenvalue weighted by Crippen LogP contribution is -2.21. The highest BCUT2D eigenvalue weighted by Crippen LogP contribution is 2.32. The zero-order valence-corrected chi connectivity index (χ0v) is 18.0. The minimum absolute atomic E-state index is 0.0323. The van der Waals surface area contributed by atoms with Crippen LogP contribution in [0.2, 0.25) is 0 Å². The number of benzene rings is 3. The summed E-state index contributed by atoms with van der Waals surface area (Å²) in [6.07, 6.45) is 0. The molecule has 0 fully saturated rings. The summed E-state index contributed by atoms with van der Waals surface area (Å²) in [6, 6.07) is 24.2. The monoisotopic (exact) mass is 452 g/mol. The van der Waals surface area contributed by atoms with Crippen LogP contribution in [0.3, 0.4) is 0 Å². The van der Waals surface area contributed by atoms with Crippen molar-refractivity contribution in [1.29, 1.82) is 0 Å². The van der Waals surface area contributed by atoms with Crippen molar-refractivity contribution in [2.45, 2.75) is 4.90 Å². The predicted octanol–water partition coefficient (Wildman–Crippen LogP) is 5.44. The Morgan fingerprint density at radius 2 is 1.50 bits per heavy atom. The van der Waals surface area contributed by atoms with Crippen LogP contribution in [0.5, 0.6) is 0 Å². The standard InChI is InChI=1S/C22H16N2O3S3/c25-19(22-24-17-13-7-8-14-18(17)29-22)20(21(28)23-15-9-3-1-4-10-15)30(26,27)16-11-5-2-6-12-16/h1-14,25H,(H,23,28)/b20-19+. The van der Waals surface area contributed by atoms with E-state index in [4.69, 9.17) is 12.2 Å². The van der Waals surface area contributed by atoms with Crippen molar-refractivity contribution in [3.63, 3.8) is 0 Å². The van der Waals surface area contributed by atoms with Crippen LogP contribution in [-0.2, 0) is 9.84 Å². The Hall–Kier alpha value is -3.07. The summed E-state index contributed by atoms with van der Waals surface area (Å²) in [5.41, 5.74) is 1.28. The Labute approximate surface area is 183 Å². The quantitative estimate of drug-likeness (QED) is 0.239. The van der Waals surface area contributed by atoms with Gasteiger partial charge >= 0.3 is 0 Å². The van der Waals surface area contributed by atoms with Crippen LogP contribution in [-0.4, -0.2) is 23.5 Å². The smallest absolute Gasteiger partial charge is 0.213 e. The number of hydrogen-bond acceptors (Lipinski definition) is 6. The van der Waals surface area contributed by atoms with E-state index in [2.05, 4.69) is 10.3 Å². The zero-order chi connectivity index (χ0) is 21.1. The van der Waals surface area contributed by atoms with Gasteiger partial charge in [0.2, 0.25) is 9.84 Å². The van der Waals surface area contributed by atoms with Crippen LogP contribution in [0.15, 0.2) is 94.7 Å². The Bertz CT molecular complexity index is 1310. The Kier molecular flexibility index (Phi) is 5.63. The molecular weight excluding hydrogens is 436 g/mol. The van der Waals surface area contributed by atoms with E-state index >= 15 is 0 Å². The molecule has 4 aromatic rings. The molecule has 1 heterocycles. The van der Waals surface area contributed by atoms with Crippen LogP contribution in [0.1, 0.15) is 5.01 Å². The minimum Gasteiger partial charge on any atom is -0.504 e. The Morgan fingerprint density at radius 3 is 2.17 bits per heavy atom. The number of nitrogens with zero attached hydrogens (tertiary/aromatic N) is 1. The molecule has 8 heteroatoms. The van der Waals surface area contributed by atoms with Gasteiger partial charge in [-0.15, -0.1) is 11.3 Å². The lowest BCUT2D eigenvalue weighted by molar-refractivity contribution is 0.509. The second-order valence-corrected chi connectivity index (χ2v) is 9.63. The molecule has 150 valence electrons. The maximum absolute atomic E-state index is 13.4. The molecule has 1 aromatic heterocycles. The molecule has 4 rings (SSSR count). The fourth-order valence-corrected chi connectivity index (χ4v) is 5.78. The SMILES string of the molecule is O=S(=O)(/C(C(=S)Nc1ccccc1)=C(/O)c1nc2ccccc2s1)c1ccccc1. The summed E-state index contributed by atoms with van der Waals surface area (Å²) in [5.74, 6) is -0.478. The molecule has 0 aliphatic rings. The van der Waals surface area contributed by atoms with Crippen LogP contribution in [0.4, 0.5) is 5.69 Å². The highest BCUT2D eigenvalue weighted by Gasteiger charge is 2.30. The predicted molar refractivity (Wildman–Crippen MR) is 125 cm³/mol. The number of aliphatic hydroxyl groups excluding tert-OH is 1. The van der Waals surface area contributed by atoms with Crippen molar-refractivity contribution in [2.75, 3.05) is 5.32 Å². The third-order valence-electron chi connectivity index (χ3n) is 4.27. The number of sulfone groups is 1. The van der Waals surface area contributed by atoms with Crippen molar-refractivity contribution < 1.29 is 13.5 Å². The first kappa shape index (κ1) is 20.2. The number of hydrogen-bond donors (Lipinski definition) is 2. The van der Waals surface area contributed by atoms with Crippen LogP contribution in [0, 0.1) is 0 Å². The number of anilines is 1. The third-order valence-corrected chi connectivity index (χ3v) is 7.58. The first-order valence-electron chi connectivity index (χ1n) is 8.92. The van der Waals surface area contributed by atoms with E-state index in [1.807, 2.05) is 24.3 Å². The summed E-state index contributed by atoms with van der Waals surface area (Å²) >= 11 is 6.63. The maximum atomic E-state index is 13.4. The lowest BCUT2D eigenvalue weighted by atomic mass is 10.3. The van der Waals surface area contributed by atoms with Gasteiger partial charge in [-0.25, -0.2) is 13.4 Å². The van der Waals surface area contributed by atoms with Gasteiger partial charge in [0.05, 0.1) is 15.1 Å². The molecule has 0 saturated heterocycles. The number of aliphatic hydroxyl groups is 1. The molecule has 0 aliphatic carbocycles. The molecule has 30 heavy (non-hydrogen) atoms. The Morgan fingerprint density at radius 1 is 0.900 bits per heavy atom. The zero-order valence-electron chi connectivity index (χ0n) is 15.5. The number of rotatable bonds is 5. The number of thiocarbonyl (C=S) groups is 1. The first-order valence-corrected chi connectivity index (χ1v) is 11.6. The van der Waals surface area contributed by atoms with Crippen molar-refractivity contribution >= 4 is 60.0 Å². The lowest BCUT2D eigenvalue weighted by Gasteiger charge is -2.14. The van der Waals surface area contributed by atoms with Crippen molar-refractivity contribution in [1.82, 2.24) is 4.98 Å². The fraction of sp³-hybridized carbons (Fsp3) is 0. The normalized spacial score (nSPS) is 12.4. The van der Waals surface area contributed by atoms with E-state index in [-0.39, 0.29) is 19.8 Å². The van der Waals surface area contributed by atoms with E-state index in [0.29, 0.717) is 11.2 Å². The molecular formula is C22H16N2O3S3. The highest BCUT2D eigenvalue weighted by molar-refractivity contribution is 7.98. The summed E-state index contributed by atoms with van der Waals surface area (Å²) in [4.78, 5) is 3.93. The van der Waals surface area contributed by atoms with Gasteiger partial charge in [0.1, 0.15) is 4.99 Å². The molecule has 3 aromatic carbocycles. The van der Waals surface area contributed by atoms with Crippen molar-refractivity contribution in [3.8, 4) is 0 Å². The number of fused-ring (bicyclic) bond motifs is 1. The highest BCUT2D eigenvalue weighted by atomic mass is 32.2. The molecule has 0 atom stereocenters. The summed E-state index contributed by atoms with van der Waals surface area (Å²) < 4.78 is 27.7. The van der Waals surface area contributed by atoms with Gasteiger partial charge in [-0.1, -0.05) is 60.7 Å². The van der Waals surface area contributed by atoms with Gasteiger partial charge < -0.3 is 10.4 Å². The van der Waals surface area contributed by atoms with Crippen LogP contribution in [0.25, 0.3) is 16.0 Å². The van der Waals surface area contributed by atoms with Gasteiger partial charge in [0.15, 0.2) is 15.7 Å². The molecule has 0 saturated carbocycles. The number of thiazole rings is 1. The fourth-order valence-electron chi connectivity index (χ4n) is 2.85. The average molecular weight is 453 g/mol.